The number of fused-ring (bicyclic) bond motifs is 1. The van der Waals surface area contributed by atoms with Crippen LogP contribution in [-0.2, 0) is 15.6 Å². The van der Waals surface area contributed by atoms with Gasteiger partial charge in [0.15, 0.2) is 5.16 Å². The number of hydrogen-bond donors (Lipinski definition) is 3. The van der Waals surface area contributed by atoms with Gasteiger partial charge >= 0.3 is 0 Å². The minimum Gasteiger partial charge on any atom is -0.399 e. The lowest BCUT2D eigenvalue weighted by molar-refractivity contribution is -0.120. The summed E-state index contributed by atoms with van der Waals surface area (Å²) in [5, 5.41) is 2.37. The van der Waals surface area contributed by atoms with E-state index in [0.717, 1.165) is 11.9 Å². The molecule has 2 atom stereocenters. The van der Waals surface area contributed by atoms with Crippen molar-refractivity contribution >= 4 is 33.4 Å². The number of rotatable bonds is 5. The molecule has 2 aromatic rings. The molecule has 20 heavy (non-hydrogen) atoms. The van der Waals surface area contributed by atoms with E-state index in [1.165, 1.54) is 0 Å². The van der Waals surface area contributed by atoms with E-state index < -0.39 is 16.0 Å². The van der Waals surface area contributed by atoms with Crippen molar-refractivity contribution in [3.63, 3.8) is 0 Å². The number of aromatic amines is 1. The molecule has 7 heteroatoms. The van der Waals surface area contributed by atoms with Crippen LogP contribution in [0, 0.1) is 0 Å². The number of anilines is 1. The van der Waals surface area contributed by atoms with Gasteiger partial charge in [-0.15, -0.1) is 0 Å². The highest BCUT2D eigenvalue weighted by molar-refractivity contribution is 7.86. The second kappa shape index (κ2) is 6.04. The van der Waals surface area contributed by atoms with Crippen molar-refractivity contribution in [2.75, 3.05) is 12.3 Å². The third-order valence-electron chi connectivity index (χ3n) is 2.91. The number of benzene rings is 1. The molecule has 0 aliphatic heterocycles. The summed E-state index contributed by atoms with van der Waals surface area (Å²) in [5.41, 5.74) is 7.69. The molecule has 0 saturated heterocycles. The Morgan fingerprint density at radius 3 is 3.00 bits per heavy atom. The number of H-pyrrole nitrogens is 1. The van der Waals surface area contributed by atoms with Crippen LogP contribution in [0.4, 0.5) is 5.69 Å². The summed E-state index contributed by atoms with van der Waals surface area (Å²) in [4.78, 5) is 19.0. The maximum atomic E-state index is 12.3. The van der Waals surface area contributed by atoms with E-state index in [-0.39, 0.29) is 5.91 Å². The first kappa shape index (κ1) is 14.5. The molecule has 0 spiro atoms. The first-order chi connectivity index (χ1) is 9.52. The molecule has 1 aromatic carbocycles. The lowest BCUT2D eigenvalue weighted by atomic mass is 10.3. The van der Waals surface area contributed by atoms with Gasteiger partial charge in [-0.2, -0.15) is 0 Å². The lowest BCUT2D eigenvalue weighted by Gasteiger charge is -2.09. The van der Waals surface area contributed by atoms with E-state index >= 15 is 0 Å². The molecule has 6 nitrogen and oxygen atoms in total. The number of nitrogens with one attached hydrogen (secondary N) is 2. The van der Waals surface area contributed by atoms with Crippen LogP contribution in [0.25, 0.3) is 11.0 Å². The number of nitrogens with two attached hydrogens (primary N) is 1. The predicted octanol–water partition coefficient (Wildman–Crippen LogP) is 1.17. The van der Waals surface area contributed by atoms with Crippen molar-refractivity contribution in [2.45, 2.75) is 30.7 Å². The number of imidazole rings is 1. The van der Waals surface area contributed by atoms with Gasteiger partial charge in [-0.25, -0.2) is 4.98 Å². The Morgan fingerprint density at radius 1 is 1.55 bits per heavy atom. The van der Waals surface area contributed by atoms with Crippen molar-refractivity contribution in [2.24, 2.45) is 0 Å². The van der Waals surface area contributed by atoms with Crippen LogP contribution in [0.5, 0.6) is 0 Å². The average molecular weight is 294 g/mol. The Balaban J connectivity index is 2.20. The molecule has 0 radical (unpaired) electrons. The summed E-state index contributed by atoms with van der Waals surface area (Å²) in [6.07, 6.45) is 0.842. The molecular formula is C13H18N4O2S. The zero-order valence-corrected chi connectivity index (χ0v) is 12.3. The van der Waals surface area contributed by atoms with Gasteiger partial charge < -0.3 is 16.0 Å². The number of hydrogen-bond acceptors (Lipinski definition) is 4. The van der Waals surface area contributed by atoms with E-state index in [4.69, 9.17) is 5.73 Å². The minimum absolute atomic E-state index is 0.231. The van der Waals surface area contributed by atoms with Crippen molar-refractivity contribution in [3.8, 4) is 0 Å². The molecule has 2 unspecified atom stereocenters. The van der Waals surface area contributed by atoms with Crippen molar-refractivity contribution in [1.82, 2.24) is 15.3 Å². The molecule has 2 rings (SSSR count). The lowest BCUT2D eigenvalue weighted by Crippen LogP contribution is -2.36. The standard InChI is InChI=1S/C13H18N4O2S/c1-3-6-15-12(18)8(2)20(19)13-16-10-5-4-9(14)7-11(10)17-13/h4-5,7-8H,3,6,14H2,1-2H3,(H,15,18)(H,16,17). The minimum atomic E-state index is -1.52. The van der Waals surface area contributed by atoms with Crippen LogP contribution in [-0.4, -0.2) is 31.9 Å². The van der Waals surface area contributed by atoms with E-state index in [2.05, 4.69) is 15.3 Å². The number of aromatic nitrogens is 2. The van der Waals surface area contributed by atoms with Gasteiger partial charge in [-0.05, 0) is 31.5 Å². The van der Waals surface area contributed by atoms with E-state index in [9.17, 15) is 9.00 Å². The van der Waals surface area contributed by atoms with Gasteiger partial charge in [-0.1, -0.05) is 6.92 Å². The Bertz CT molecular complexity index is 653. The van der Waals surface area contributed by atoms with Crippen LogP contribution < -0.4 is 11.1 Å². The number of nitrogens with zero attached hydrogens (tertiary/aromatic N) is 1. The monoisotopic (exact) mass is 294 g/mol. The largest absolute Gasteiger partial charge is 0.399 e. The summed E-state index contributed by atoms with van der Waals surface area (Å²) in [5.74, 6) is -0.231. The van der Waals surface area contributed by atoms with Gasteiger partial charge in [0, 0.05) is 12.2 Å². The fraction of sp³-hybridized carbons (Fsp3) is 0.385. The van der Waals surface area contributed by atoms with E-state index in [1.807, 2.05) is 6.92 Å². The first-order valence-electron chi connectivity index (χ1n) is 6.46. The summed E-state index contributed by atoms with van der Waals surface area (Å²) in [7, 11) is -1.52. The third kappa shape index (κ3) is 2.98. The van der Waals surface area contributed by atoms with E-state index in [0.29, 0.717) is 22.9 Å². The molecule has 0 saturated carbocycles. The van der Waals surface area contributed by atoms with Crippen LogP contribution in [0.2, 0.25) is 0 Å². The van der Waals surface area contributed by atoms with Crippen molar-refractivity contribution in [1.29, 1.82) is 0 Å². The predicted molar refractivity (Wildman–Crippen MR) is 79.7 cm³/mol. The fourth-order valence-corrected chi connectivity index (χ4v) is 2.77. The SMILES string of the molecule is CCCNC(=O)C(C)S(=O)c1nc2ccc(N)cc2[nH]1. The number of nitrogen functional groups attached to an aromatic ring is 1. The Labute approximate surface area is 119 Å². The maximum absolute atomic E-state index is 12.3. The number of carbonyl (C=O) groups excluding carboxylic acids is 1. The molecule has 1 amide bonds. The topological polar surface area (TPSA) is 101 Å². The number of amides is 1. The van der Waals surface area contributed by atoms with Gasteiger partial charge in [0.2, 0.25) is 5.91 Å². The molecule has 0 fully saturated rings. The maximum Gasteiger partial charge on any atom is 0.235 e. The van der Waals surface area contributed by atoms with Gasteiger partial charge in [0.05, 0.1) is 11.0 Å². The Morgan fingerprint density at radius 2 is 2.30 bits per heavy atom. The van der Waals surface area contributed by atoms with Gasteiger partial charge in [0.25, 0.3) is 0 Å². The molecule has 0 aliphatic rings. The average Bonchev–Trinajstić information content (AvgIpc) is 2.85. The molecule has 1 aromatic heterocycles. The third-order valence-corrected chi connectivity index (χ3v) is 4.35. The van der Waals surface area contributed by atoms with Crippen LogP contribution in [0.15, 0.2) is 23.4 Å². The molecular weight excluding hydrogens is 276 g/mol. The van der Waals surface area contributed by atoms with Crippen LogP contribution >= 0.6 is 0 Å². The summed E-state index contributed by atoms with van der Waals surface area (Å²) in [6.45, 7) is 4.17. The molecule has 108 valence electrons. The van der Waals surface area contributed by atoms with Crippen molar-refractivity contribution in [3.05, 3.63) is 18.2 Å². The smallest absolute Gasteiger partial charge is 0.235 e. The normalized spacial score (nSPS) is 14.1. The highest BCUT2D eigenvalue weighted by Gasteiger charge is 2.23. The highest BCUT2D eigenvalue weighted by atomic mass is 32.2. The van der Waals surface area contributed by atoms with Gasteiger partial charge in [-0.3, -0.25) is 9.00 Å². The fourth-order valence-electron chi connectivity index (χ4n) is 1.76. The zero-order chi connectivity index (χ0) is 14.7. The number of carbonyl (C=O) groups is 1. The summed E-state index contributed by atoms with van der Waals surface area (Å²) in [6, 6.07) is 5.21. The second-order valence-corrected chi connectivity index (χ2v) is 6.24. The zero-order valence-electron chi connectivity index (χ0n) is 11.5. The summed E-state index contributed by atoms with van der Waals surface area (Å²) < 4.78 is 12.3. The second-order valence-electron chi connectivity index (χ2n) is 4.55. The molecule has 1 heterocycles. The Hall–Kier alpha value is -1.89. The highest BCUT2D eigenvalue weighted by Crippen LogP contribution is 2.18. The summed E-state index contributed by atoms with van der Waals surface area (Å²) >= 11 is 0. The van der Waals surface area contributed by atoms with Crippen LogP contribution in [0.3, 0.4) is 0 Å². The van der Waals surface area contributed by atoms with Crippen LogP contribution in [0.1, 0.15) is 20.3 Å². The van der Waals surface area contributed by atoms with E-state index in [1.54, 1.807) is 25.1 Å². The quantitative estimate of drug-likeness (QED) is 0.720. The Kier molecular flexibility index (Phi) is 4.39. The van der Waals surface area contributed by atoms with Gasteiger partial charge in [0.1, 0.15) is 16.0 Å². The molecule has 0 bridgehead atoms. The first-order valence-corrected chi connectivity index (χ1v) is 7.67. The molecule has 0 aliphatic carbocycles. The van der Waals surface area contributed by atoms with Crippen molar-refractivity contribution < 1.29 is 9.00 Å². The molecule has 4 N–H and O–H groups in total.